The van der Waals surface area contributed by atoms with Gasteiger partial charge in [0.1, 0.15) is 24.4 Å². The molecule has 148 valence electrons. The van der Waals surface area contributed by atoms with E-state index in [2.05, 4.69) is 0 Å². The van der Waals surface area contributed by atoms with Crippen molar-refractivity contribution in [2.45, 2.75) is 76.8 Å². The fourth-order valence-electron chi connectivity index (χ4n) is 4.05. The van der Waals surface area contributed by atoms with E-state index >= 15 is 0 Å². The van der Waals surface area contributed by atoms with Crippen LogP contribution in [-0.2, 0) is 23.7 Å². The molecule has 8 heteroatoms. The molecule has 0 unspecified atom stereocenters. The Morgan fingerprint density at radius 1 is 1.23 bits per heavy atom. The summed E-state index contributed by atoms with van der Waals surface area (Å²) in [7, 11) is 0. The van der Waals surface area contributed by atoms with E-state index in [1.807, 2.05) is 13.8 Å². The monoisotopic (exact) mass is 371 g/mol. The van der Waals surface area contributed by atoms with Gasteiger partial charge in [0.05, 0.1) is 18.8 Å². The smallest absolute Gasteiger partial charge is 0.411 e. The Balaban J connectivity index is 1.80. The zero-order valence-corrected chi connectivity index (χ0v) is 16.1. The molecule has 0 aromatic rings. The molecule has 26 heavy (non-hydrogen) atoms. The van der Waals surface area contributed by atoms with Crippen LogP contribution < -0.4 is 0 Å². The molecule has 1 amide bonds. The molecule has 5 atom stereocenters. The minimum atomic E-state index is -0.855. The molecular formula is C18H29NO7. The molecule has 3 fully saturated rings. The second kappa shape index (κ2) is 6.74. The molecule has 0 aliphatic carbocycles. The molecule has 3 aliphatic rings. The zero-order chi connectivity index (χ0) is 19.3. The Labute approximate surface area is 153 Å². The average Bonchev–Trinajstić information content (AvgIpc) is 2.95. The van der Waals surface area contributed by atoms with Crippen LogP contribution >= 0.6 is 0 Å². The lowest BCUT2D eigenvalue weighted by molar-refractivity contribution is -0.160. The number of hydrogen-bond donors (Lipinski definition) is 1. The van der Waals surface area contributed by atoms with Gasteiger partial charge in [-0.1, -0.05) is 0 Å². The fourth-order valence-corrected chi connectivity index (χ4v) is 4.05. The predicted octanol–water partition coefficient (Wildman–Crippen LogP) is 1.09. The minimum Gasteiger partial charge on any atom is -0.444 e. The van der Waals surface area contributed by atoms with Crippen molar-refractivity contribution < 1.29 is 33.6 Å². The van der Waals surface area contributed by atoms with Crippen molar-refractivity contribution in [2.75, 3.05) is 19.8 Å². The Bertz CT molecular complexity index is 570. The number of likely N-dealkylation sites (tertiary alicyclic amines) is 1. The number of Topliss-reactive ketones (excluding diaryl/α,β-unsaturated/α-hetero) is 1. The summed E-state index contributed by atoms with van der Waals surface area (Å²) in [6.07, 6.45) is -0.795. The fraction of sp³-hybridized carbons (Fsp3) is 0.889. The van der Waals surface area contributed by atoms with Gasteiger partial charge in [-0.25, -0.2) is 4.79 Å². The van der Waals surface area contributed by atoms with Gasteiger partial charge >= 0.3 is 6.09 Å². The lowest BCUT2D eigenvalue weighted by Gasteiger charge is -2.29. The van der Waals surface area contributed by atoms with Crippen molar-refractivity contribution in [1.29, 1.82) is 0 Å². The van der Waals surface area contributed by atoms with E-state index in [1.54, 1.807) is 20.8 Å². The molecule has 0 spiro atoms. The first-order valence-electron chi connectivity index (χ1n) is 9.11. The summed E-state index contributed by atoms with van der Waals surface area (Å²) >= 11 is 0. The summed E-state index contributed by atoms with van der Waals surface area (Å²) in [5.74, 6) is -1.21. The highest BCUT2D eigenvalue weighted by Gasteiger charge is 2.54. The van der Waals surface area contributed by atoms with Crippen molar-refractivity contribution in [2.24, 2.45) is 5.92 Å². The van der Waals surface area contributed by atoms with Crippen LogP contribution in [-0.4, -0.2) is 77.4 Å². The van der Waals surface area contributed by atoms with Gasteiger partial charge in [-0.05, 0) is 41.0 Å². The Morgan fingerprint density at radius 3 is 2.50 bits per heavy atom. The van der Waals surface area contributed by atoms with Crippen molar-refractivity contribution in [1.82, 2.24) is 4.90 Å². The van der Waals surface area contributed by atoms with Gasteiger partial charge in [0.15, 0.2) is 11.6 Å². The van der Waals surface area contributed by atoms with Gasteiger partial charge in [0, 0.05) is 12.5 Å². The number of aliphatic hydroxyl groups excluding tert-OH is 1. The molecule has 0 radical (unpaired) electrons. The third-order valence-corrected chi connectivity index (χ3v) is 4.93. The van der Waals surface area contributed by atoms with Crippen LogP contribution in [0.1, 0.15) is 41.0 Å². The molecule has 8 nitrogen and oxygen atoms in total. The van der Waals surface area contributed by atoms with Crippen LogP contribution in [0.3, 0.4) is 0 Å². The lowest BCUT2D eigenvalue weighted by atomic mass is 9.93. The number of fused-ring (bicyclic) bond motifs is 2. The van der Waals surface area contributed by atoms with Gasteiger partial charge in [0.25, 0.3) is 0 Å². The van der Waals surface area contributed by atoms with E-state index in [0.29, 0.717) is 13.0 Å². The Kier molecular flexibility index (Phi) is 5.07. The summed E-state index contributed by atoms with van der Waals surface area (Å²) in [6.45, 7) is 9.00. The third kappa shape index (κ3) is 3.88. The second-order valence-corrected chi connectivity index (χ2v) is 8.71. The molecule has 0 saturated carbocycles. The van der Waals surface area contributed by atoms with Crippen molar-refractivity contribution in [3.05, 3.63) is 0 Å². The highest BCUT2D eigenvalue weighted by atomic mass is 16.8. The molecule has 3 aliphatic heterocycles. The SMILES string of the molecule is CC(C)(C)OC(=O)N1C[C@@H]2C[C@H]3OC(C)(C)O[C@H]3CO[C@H]2[C@H]1C(=O)CO. The highest BCUT2D eigenvalue weighted by Crippen LogP contribution is 2.40. The Hall–Kier alpha value is -1.22. The first kappa shape index (κ1) is 19.5. The van der Waals surface area contributed by atoms with Crippen LogP contribution in [0.4, 0.5) is 4.79 Å². The number of aliphatic hydroxyl groups is 1. The molecular weight excluding hydrogens is 342 g/mol. The van der Waals surface area contributed by atoms with Gasteiger partial charge < -0.3 is 24.1 Å². The van der Waals surface area contributed by atoms with E-state index in [-0.39, 0.29) is 24.7 Å². The van der Waals surface area contributed by atoms with Crippen molar-refractivity contribution in [3.63, 3.8) is 0 Å². The molecule has 3 rings (SSSR count). The van der Waals surface area contributed by atoms with Crippen LogP contribution in [0.15, 0.2) is 0 Å². The quantitative estimate of drug-likeness (QED) is 0.776. The van der Waals surface area contributed by atoms with E-state index in [4.69, 9.17) is 18.9 Å². The number of ketones is 1. The molecule has 1 N–H and O–H groups in total. The molecule has 0 aromatic heterocycles. The molecule has 3 heterocycles. The molecule has 0 aromatic carbocycles. The number of amides is 1. The zero-order valence-electron chi connectivity index (χ0n) is 16.1. The van der Waals surface area contributed by atoms with Crippen LogP contribution in [0.25, 0.3) is 0 Å². The van der Waals surface area contributed by atoms with Crippen LogP contribution in [0.2, 0.25) is 0 Å². The number of ether oxygens (including phenoxy) is 4. The van der Waals surface area contributed by atoms with Gasteiger partial charge in [0.2, 0.25) is 0 Å². The van der Waals surface area contributed by atoms with Gasteiger partial charge in [-0.15, -0.1) is 0 Å². The van der Waals surface area contributed by atoms with E-state index in [9.17, 15) is 14.7 Å². The minimum absolute atomic E-state index is 0.0875. The number of carbonyl (C=O) groups excluding carboxylic acids is 2. The third-order valence-electron chi connectivity index (χ3n) is 4.93. The summed E-state index contributed by atoms with van der Waals surface area (Å²) in [5.41, 5.74) is -0.674. The van der Waals surface area contributed by atoms with Crippen molar-refractivity contribution in [3.8, 4) is 0 Å². The maximum Gasteiger partial charge on any atom is 0.411 e. The van der Waals surface area contributed by atoms with E-state index in [0.717, 1.165) is 0 Å². The van der Waals surface area contributed by atoms with Crippen LogP contribution in [0, 0.1) is 5.92 Å². The summed E-state index contributed by atoms with van der Waals surface area (Å²) < 4.78 is 23.3. The topological polar surface area (TPSA) is 94.5 Å². The van der Waals surface area contributed by atoms with E-state index < -0.39 is 42.0 Å². The van der Waals surface area contributed by atoms with E-state index in [1.165, 1.54) is 4.90 Å². The number of rotatable bonds is 2. The van der Waals surface area contributed by atoms with Gasteiger partial charge in [-0.3, -0.25) is 9.69 Å². The summed E-state index contributed by atoms with van der Waals surface area (Å²) in [5, 5.41) is 9.38. The molecule has 3 saturated heterocycles. The number of hydrogen-bond acceptors (Lipinski definition) is 7. The Morgan fingerprint density at radius 2 is 1.88 bits per heavy atom. The van der Waals surface area contributed by atoms with Gasteiger partial charge in [-0.2, -0.15) is 0 Å². The largest absolute Gasteiger partial charge is 0.444 e. The lowest BCUT2D eigenvalue weighted by Crippen LogP contribution is -2.49. The standard InChI is InChI=1S/C18H29NO7/c1-17(2,3)26-16(22)19-7-10-6-12-13(25-18(4,5)24-12)9-23-15(10)14(19)11(21)8-20/h10,12-15,20H,6-9H2,1-5H3/t10-,12+,13-,14+,15+/m0/s1. The predicted molar refractivity (Wildman–Crippen MR) is 90.5 cm³/mol. The maximum atomic E-state index is 12.6. The second-order valence-electron chi connectivity index (χ2n) is 8.71. The maximum absolute atomic E-state index is 12.6. The first-order valence-corrected chi connectivity index (χ1v) is 9.11. The van der Waals surface area contributed by atoms with Crippen molar-refractivity contribution >= 4 is 11.9 Å². The first-order chi connectivity index (χ1) is 12.0. The average molecular weight is 371 g/mol. The highest BCUT2D eigenvalue weighted by molar-refractivity contribution is 5.89. The van der Waals surface area contributed by atoms with Crippen LogP contribution in [0.5, 0.6) is 0 Å². The summed E-state index contributed by atoms with van der Waals surface area (Å²) in [6, 6.07) is -0.855. The normalized spacial score (nSPS) is 36.2. The number of nitrogens with zero attached hydrogens (tertiary/aromatic N) is 1. The summed E-state index contributed by atoms with van der Waals surface area (Å²) in [4.78, 5) is 26.4. The molecule has 0 bridgehead atoms. The number of carbonyl (C=O) groups is 2.